The smallest absolute Gasteiger partial charge is 0.246 e. The van der Waals surface area contributed by atoms with Gasteiger partial charge in [-0.15, -0.1) is 0 Å². The van der Waals surface area contributed by atoms with Crippen LogP contribution < -0.4 is 21.3 Å². The molecule has 0 bridgehead atoms. The molecule has 1 fully saturated rings. The van der Waals surface area contributed by atoms with Crippen molar-refractivity contribution in [2.75, 3.05) is 62.2 Å². The monoisotopic (exact) mass is 1400 g/mol. The zero-order valence-corrected chi connectivity index (χ0v) is 66.4. The zero-order chi connectivity index (χ0) is 75.0. The fourth-order valence-corrected chi connectivity index (χ4v) is 13.5. The lowest BCUT2D eigenvalue weighted by molar-refractivity contribution is -0.157. The van der Waals surface area contributed by atoms with Crippen LogP contribution in [0.2, 0.25) is 18.1 Å². The molecular weight excluding hydrogens is 1270 g/mol. The molecule has 0 radical (unpaired) electrons. The van der Waals surface area contributed by atoms with Crippen LogP contribution in [0.25, 0.3) is 0 Å². The Kier molecular flexibility index (Phi) is 35.2. The van der Waals surface area contributed by atoms with E-state index in [-0.39, 0.29) is 62.4 Å². The minimum atomic E-state index is -2.92. The van der Waals surface area contributed by atoms with Gasteiger partial charge in [-0.1, -0.05) is 125 Å². The quantitative estimate of drug-likeness (QED) is 0.113. The fourth-order valence-electron chi connectivity index (χ4n) is 11.7. The van der Waals surface area contributed by atoms with E-state index < -0.39 is 186 Å². The third kappa shape index (κ3) is 24.4. The topological polar surface area (TPSA) is 294 Å². The molecule has 14 atom stereocenters. The summed E-state index contributed by atoms with van der Waals surface area (Å²) in [5.74, 6) is -10.3. The van der Waals surface area contributed by atoms with Crippen molar-refractivity contribution in [3.05, 3.63) is 0 Å². The van der Waals surface area contributed by atoms with Crippen molar-refractivity contribution < 1.29 is 65.6 Å². The molecule has 11 amide bonds. The molecule has 1 saturated heterocycles. The van der Waals surface area contributed by atoms with E-state index in [1.807, 2.05) is 96.2 Å². The van der Waals surface area contributed by atoms with Gasteiger partial charge in [-0.3, -0.25) is 56.9 Å². The molecule has 554 valence electrons. The van der Waals surface area contributed by atoms with Crippen LogP contribution in [0.15, 0.2) is 0 Å². The Balaban J connectivity index is 4.69. The van der Waals surface area contributed by atoms with E-state index in [4.69, 9.17) is 8.61 Å². The Bertz CT molecular complexity index is 2690. The Hall–Kier alpha value is -5.54. The number of nitrogens with one attached hydrogen (secondary N) is 4. The van der Waals surface area contributed by atoms with E-state index in [1.54, 1.807) is 41.5 Å². The Morgan fingerprint density at radius 3 is 1.19 bits per heavy atom. The Morgan fingerprint density at radius 2 is 0.781 bits per heavy atom. The van der Waals surface area contributed by atoms with Crippen LogP contribution in [-0.4, -0.2) is 247 Å². The van der Waals surface area contributed by atoms with Gasteiger partial charge >= 0.3 is 0 Å². The largest absolute Gasteiger partial charge is 0.411 e. The van der Waals surface area contributed by atoms with Gasteiger partial charge in [0.15, 0.2) is 19.4 Å². The van der Waals surface area contributed by atoms with Gasteiger partial charge in [-0.2, -0.15) is 0 Å². The first kappa shape index (κ1) is 88.5. The number of rotatable bonds is 19. The molecule has 96 heavy (non-hydrogen) atoms. The number of carbonyl (C=O) groups is 11. The summed E-state index contributed by atoms with van der Waals surface area (Å²) in [6.45, 7) is 41.7. The third-order valence-electron chi connectivity index (χ3n) is 19.1. The second kappa shape index (κ2) is 38.1. The molecule has 1 aliphatic heterocycles. The molecule has 0 aromatic heterocycles. The average Bonchev–Trinajstić information content (AvgIpc) is 0.788. The van der Waals surface area contributed by atoms with Crippen LogP contribution in [0.3, 0.4) is 0 Å². The molecule has 1 aliphatic rings. The summed E-state index contributed by atoms with van der Waals surface area (Å²) in [5, 5.41) is 10.9. The fraction of sp³-hybridized carbons (Fsp3) is 0.841. The van der Waals surface area contributed by atoms with E-state index in [0.717, 1.165) is 0 Å². The molecule has 0 aliphatic carbocycles. The second-order valence-electron chi connectivity index (χ2n) is 31.3. The first-order chi connectivity index (χ1) is 43.8. The van der Waals surface area contributed by atoms with Crippen LogP contribution in [0.1, 0.15) is 178 Å². The summed E-state index contributed by atoms with van der Waals surface area (Å²) >= 11 is -1.65. The molecule has 4 N–H and O–H groups in total. The molecule has 25 nitrogen and oxygen atoms in total. The predicted molar refractivity (Wildman–Crippen MR) is 379 cm³/mol. The van der Waals surface area contributed by atoms with Crippen LogP contribution in [0.4, 0.5) is 0 Å². The second-order valence-corrected chi connectivity index (χ2v) is 37.1. The Morgan fingerprint density at radius 1 is 0.427 bits per heavy atom. The summed E-state index contributed by atoms with van der Waals surface area (Å²) in [6, 6.07) is -13.7. The lowest BCUT2D eigenvalue weighted by Gasteiger charge is -2.46. The van der Waals surface area contributed by atoms with E-state index in [2.05, 4.69) is 21.3 Å². The van der Waals surface area contributed by atoms with Gasteiger partial charge in [0.25, 0.3) is 0 Å². The SMILES string of the molecule is CC(C)C[C@H]1C(=O)N[C@@H](C)C(=O)N[C@H](C)C(=O)N(C)[C@@H](CC(C)C)C(=O)N(C)[C@@H](CC(C)C)C(=O)N(C)[C@@H](C(C)C)C(=O)N(C)[C@@H]([C@H](O[Si](C)(C)C(C)(C)C)[C@H](C)CCOS(C)=O)C(=O)N[C@@H](C(C)C)C(=O)N(C)[C@H](C)C(=O)N(C)[C@@H](CC(C)C)C(=O)N[C@@H](C(C)C)C(=O)N1C. The number of likely N-dealkylation sites (N-methyl/N-ethyl adjacent to an activating group) is 7. The minimum absolute atomic E-state index is 0.00964. The maximum absolute atomic E-state index is 15.9. The maximum Gasteiger partial charge on any atom is 0.246 e. The number of carbonyl (C=O) groups excluding carboxylic acids is 11. The van der Waals surface area contributed by atoms with Crippen LogP contribution in [0, 0.1) is 47.3 Å². The molecule has 0 spiro atoms. The van der Waals surface area contributed by atoms with Gasteiger partial charge in [-0.05, 0) is 118 Å². The summed E-state index contributed by atoms with van der Waals surface area (Å²) in [5.41, 5.74) is 0. The first-order valence-corrected chi connectivity index (χ1v) is 38.9. The van der Waals surface area contributed by atoms with Crippen LogP contribution in [0.5, 0.6) is 0 Å². The molecule has 0 aromatic rings. The first-order valence-electron chi connectivity index (χ1n) is 34.5. The average molecular weight is 1400 g/mol. The minimum Gasteiger partial charge on any atom is -0.411 e. The van der Waals surface area contributed by atoms with Crippen molar-refractivity contribution in [1.82, 2.24) is 55.6 Å². The van der Waals surface area contributed by atoms with Crippen molar-refractivity contribution in [3.63, 3.8) is 0 Å². The van der Waals surface area contributed by atoms with Gasteiger partial charge in [0.2, 0.25) is 65.0 Å². The lowest BCUT2D eigenvalue weighted by Crippen LogP contribution is -2.65. The number of hydrogen-bond acceptors (Lipinski definition) is 14. The zero-order valence-electron chi connectivity index (χ0n) is 64.5. The molecule has 0 aromatic carbocycles. The maximum atomic E-state index is 15.9. The molecule has 1 rings (SSSR count). The van der Waals surface area contributed by atoms with Crippen molar-refractivity contribution in [1.29, 1.82) is 0 Å². The van der Waals surface area contributed by atoms with E-state index >= 15 is 24.0 Å². The molecule has 27 heteroatoms. The predicted octanol–water partition coefficient (Wildman–Crippen LogP) is 5.67. The lowest BCUT2D eigenvalue weighted by atomic mass is 9.91. The molecule has 1 heterocycles. The number of hydrogen-bond donors (Lipinski definition) is 4. The van der Waals surface area contributed by atoms with Crippen molar-refractivity contribution >= 4 is 84.4 Å². The normalized spacial score (nSPS) is 26.7. The Labute approximate surface area is 580 Å². The van der Waals surface area contributed by atoms with Crippen molar-refractivity contribution in [2.24, 2.45) is 47.3 Å². The molecule has 1 unspecified atom stereocenters. The van der Waals surface area contributed by atoms with Gasteiger partial charge in [0.05, 0.1) is 12.7 Å². The van der Waals surface area contributed by atoms with E-state index in [1.165, 1.54) is 111 Å². The number of amides is 11. The summed E-state index contributed by atoms with van der Waals surface area (Å²) in [7, 11) is 7.23. The van der Waals surface area contributed by atoms with Crippen molar-refractivity contribution in [2.45, 2.75) is 268 Å². The highest BCUT2D eigenvalue weighted by Crippen LogP contribution is 2.40. The third-order valence-corrected chi connectivity index (χ3v) is 24.0. The van der Waals surface area contributed by atoms with Gasteiger partial charge in [0, 0.05) is 55.6 Å². The van der Waals surface area contributed by atoms with Crippen LogP contribution >= 0.6 is 0 Å². The summed E-state index contributed by atoms with van der Waals surface area (Å²) < 4.78 is 25.1. The van der Waals surface area contributed by atoms with Gasteiger partial charge in [0.1, 0.15) is 66.5 Å². The van der Waals surface area contributed by atoms with E-state index in [9.17, 15) is 33.0 Å². The van der Waals surface area contributed by atoms with Crippen molar-refractivity contribution in [3.8, 4) is 0 Å². The van der Waals surface area contributed by atoms with Gasteiger partial charge in [-0.25, -0.2) is 4.21 Å². The van der Waals surface area contributed by atoms with Gasteiger partial charge < -0.3 is 60.0 Å². The van der Waals surface area contributed by atoms with E-state index in [0.29, 0.717) is 0 Å². The standard InChI is InChI=1S/C69H129N11O14SSi/c1-38(2)34-49-59(82)70-46(16)58(81)71-47(17)62(85)77(25)51(36-40(5)6)64(87)78(26)52(37-41(7)8)65(88)79(27)55(44(13)14)68(91)80(28)56(57(45(15)32-33-93-95(29)92)94-96(30,31)69(19,20)21)61(84)73-53(42(9)10)66(89)74(22)48(18)63(86)75(23)50(35-39(3)4)60(83)72-54(43(11)12)67(90)76(49)24/h38-57H,32-37H2,1-31H3,(H,70,82)(H,71,81)(H,72,83)(H,73,84)/t45-,46+,47-,48-,49+,50+,51+,52+,53+,54+,55+,56+,57-,95?/m1/s1. The summed E-state index contributed by atoms with van der Waals surface area (Å²) in [4.78, 5) is 174. The van der Waals surface area contributed by atoms with Crippen LogP contribution in [-0.2, 0) is 72.4 Å². The highest BCUT2D eigenvalue weighted by Gasteiger charge is 2.50. The highest BCUT2D eigenvalue weighted by molar-refractivity contribution is 7.79. The molecule has 0 saturated carbocycles. The summed E-state index contributed by atoms with van der Waals surface area (Å²) in [6.07, 6.45) is 1.05. The number of nitrogens with zero attached hydrogens (tertiary/aromatic N) is 7. The highest BCUT2D eigenvalue weighted by atomic mass is 32.2. The molecular formula is C69H129N11O14SSi.